The van der Waals surface area contributed by atoms with Crippen molar-refractivity contribution in [2.75, 3.05) is 6.61 Å². The van der Waals surface area contributed by atoms with E-state index in [1.54, 1.807) is 6.20 Å². The third-order valence-electron chi connectivity index (χ3n) is 2.35. The van der Waals surface area contributed by atoms with Crippen LogP contribution in [0.25, 0.3) is 0 Å². The predicted octanol–water partition coefficient (Wildman–Crippen LogP) is 2.16. The van der Waals surface area contributed by atoms with Crippen molar-refractivity contribution in [3.8, 4) is 0 Å². The topological polar surface area (TPSA) is 45.1 Å². The molecule has 1 rings (SSSR count). The van der Waals surface area contributed by atoms with Gasteiger partial charge in [0, 0.05) is 24.9 Å². The van der Waals surface area contributed by atoms with Crippen LogP contribution >= 0.6 is 11.6 Å². The van der Waals surface area contributed by atoms with E-state index in [2.05, 4.69) is 24.1 Å². The van der Waals surface area contributed by atoms with Gasteiger partial charge in [-0.1, -0.05) is 11.6 Å². The van der Waals surface area contributed by atoms with E-state index in [0.29, 0.717) is 5.15 Å². The van der Waals surface area contributed by atoms with Crippen molar-refractivity contribution in [3.63, 3.8) is 0 Å². The van der Waals surface area contributed by atoms with Gasteiger partial charge in [0.05, 0.1) is 0 Å². The van der Waals surface area contributed by atoms with Gasteiger partial charge in [-0.25, -0.2) is 4.98 Å². The van der Waals surface area contributed by atoms with Crippen molar-refractivity contribution in [1.29, 1.82) is 0 Å². The van der Waals surface area contributed by atoms with E-state index in [4.69, 9.17) is 16.7 Å². The van der Waals surface area contributed by atoms with E-state index in [0.717, 1.165) is 12.0 Å². The smallest absolute Gasteiger partial charge is 0.129 e. The summed E-state index contributed by atoms with van der Waals surface area (Å²) in [6.07, 6.45) is 2.45. The highest BCUT2D eigenvalue weighted by atomic mass is 35.5. The number of hydrogen-bond donors (Lipinski definition) is 2. The van der Waals surface area contributed by atoms with Crippen molar-refractivity contribution in [2.45, 2.75) is 32.4 Å². The molecule has 0 spiro atoms. The lowest BCUT2D eigenvalue weighted by Crippen LogP contribution is -2.29. The lowest BCUT2D eigenvalue weighted by Gasteiger charge is -2.19. The number of hydrogen-bond acceptors (Lipinski definition) is 3. The van der Waals surface area contributed by atoms with Crippen LogP contribution in [0.4, 0.5) is 0 Å². The Labute approximate surface area is 95.5 Å². The number of nitrogens with zero attached hydrogens (tertiary/aromatic N) is 1. The van der Waals surface area contributed by atoms with Gasteiger partial charge in [-0.2, -0.15) is 0 Å². The molecule has 0 aliphatic rings. The zero-order chi connectivity index (χ0) is 11.3. The maximum Gasteiger partial charge on any atom is 0.129 e. The van der Waals surface area contributed by atoms with Crippen LogP contribution in [0, 0.1) is 0 Å². The van der Waals surface area contributed by atoms with Crippen LogP contribution in [0.1, 0.15) is 31.9 Å². The molecule has 84 valence electrons. The molecule has 0 fully saturated rings. The Morgan fingerprint density at radius 2 is 2.27 bits per heavy atom. The summed E-state index contributed by atoms with van der Waals surface area (Å²) in [5.74, 6) is 0. The summed E-state index contributed by atoms with van der Waals surface area (Å²) in [4.78, 5) is 3.94. The fourth-order valence-corrected chi connectivity index (χ4v) is 1.67. The van der Waals surface area contributed by atoms with E-state index in [1.165, 1.54) is 0 Å². The molecular weight excluding hydrogens is 212 g/mol. The summed E-state index contributed by atoms with van der Waals surface area (Å²) in [6.45, 7) is 4.33. The molecule has 0 saturated carbocycles. The molecule has 0 aliphatic heterocycles. The van der Waals surface area contributed by atoms with Crippen LogP contribution in [0.5, 0.6) is 0 Å². The first-order valence-electron chi connectivity index (χ1n) is 5.12. The van der Waals surface area contributed by atoms with Gasteiger partial charge in [0.15, 0.2) is 0 Å². The monoisotopic (exact) mass is 228 g/mol. The maximum absolute atomic E-state index is 8.79. The summed E-state index contributed by atoms with van der Waals surface area (Å²) >= 11 is 5.81. The van der Waals surface area contributed by atoms with Crippen molar-refractivity contribution < 1.29 is 5.11 Å². The number of aromatic nitrogens is 1. The molecule has 2 unspecified atom stereocenters. The van der Waals surface area contributed by atoms with Gasteiger partial charge in [0.2, 0.25) is 0 Å². The first-order chi connectivity index (χ1) is 7.13. The van der Waals surface area contributed by atoms with Gasteiger partial charge >= 0.3 is 0 Å². The van der Waals surface area contributed by atoms with Crippen molar-refractivity contribution in [2.24, 2.45) is 0 Å². The van der Waals surface area contributed by atoms with E-state index < -0.39 is 0 Å². The number of halogens is 1. The summed E-state index contributed by atoms with van der Waals surface area (Å²) in [5, 5.41) is 12.7. The third-order valence-corrected chi connectivity index (χ3v) is 2.55. The molecule has 0 bridgehead atoms. The zero-order valence-electron chi connectivity index (χ0n) is 9.07. The van der Waals surface area contributed by atoms with E-state index >= 15 is 0 Å². The summed E-state index contributed by atoms with van der Waals surface area (Å²) < 4.78 is 0. The molecule has 3 nitrogen and oxygen atoms in total. The molecule has 1 aromatic rings. The Balaban J connectivity index is 2.56. The number of aliphatic hydroxyl groups is 1. The maximum atomic E-state index is 8.79. The molecular formula is C11H17ClN2O. The third kappa shape index (κ3) is 4.16. The summed E-state index contributed by atoms with van der Waals surface area (Å²) in [6, 6.07) is 4.30. The lowest BCUT2D eigenvalue weighted by molar-refractivity contribution is 0.264. The number of nitrogens with one attached hydrogen (secondary N) is 1. The van der Waals surface area contributed by atoms with Crippen LogP contribution in [-0.2, 0) is 0 Å². The second-order valence-electron chi connectivity index (χ2n) is 3.71. The molecule has 0 aromatic carbocycles. The lowest BCUT2D eigenvalue weighted by atomic mass is 10.1. The Bertz CT molecular complexity index is 306. The highest BCUT2D eigenvalue weighted by Crippen LogP contribution is 2.15. The van der Waals surface area contributed by atoms with Gasteiger partial charge in [-0.15, -0.1) is 0 Å². The highest BCUT2D eigenvalue weighted by molar-refractivity contribution is 6.29. The van der Waals surface area contributed by atoms with Crippen molar-refractivity contribution in [1.82, 2.24) is 10.3 Å². The van der Waals surface area contributed by atoms with Crippen LogP contribution in [0.15, 0.2) is 18.3 Å². The molecule has 2 N–H and O–H groups in total. The minimum atomic E-state index is 0.206. The molecule has 0 saturated heterocycles. The fraction of sp³-hybridized carbons (Fsp3) is 0.545. The predicted molar refractivity (Wildman–Crippen MR) is 62.0 cm³/mol. The van der Waals surface area contributed by atoms with Crippen LogP contribution in [0.3, 0.4) is 0 Å². The molecule has 4 heteroatoms. The number of pyridine rings is 1. The quantitative estimate of drug-likeness (QED) is 0.760. The minimum Gasteiger partial charge on any atom is -0.396 e. The Hall–Kier alpha value is -0.640. The molecule has 0 radical (unpaired) electrons. The first kappa shape index (κ1) is 12.4. The Kier molecular flexibility index (Phi) is 5.02. The summed E-state index contributed by atoms with van der Waals surface area (Å²) in [5.41, 5.74) is 1.11. The standard InChI is InChI=1S/C11H17ClN2O/c1-8(4-6-15)14-9(2)10-3-5-13-11(12)7-10/h3,5,7-9,14-15H,4,6H2,1-2H3. The van der Waals surface area contributed by atoms with E-state index in [9.17, 15) is 0 Å². The van der Waals surface area contributed by atoms with Gasteiger partial charge in [-0.05, 0) is 38.0 Å². The van der Waals surface area contributed by atoms with Crippen LogP contribution in [-0.4, -0.2) is 22.7 Å². The molecule has 15 heavy (non-hydrogen) atoms. The largest absolute Gasteiger partial charge is 0.396 e. The molecule has 1 heterocycles. The second kappa shape index (κ2) is 6.05. The van der Waals surface area contributed by atoms with E-state index in [1.807, 2.05) is 12.1 Å². The SMILES string of the molecule is CC(CCO)NC(C)c1ccnc(Cl)c1. The van der Waals surface area contributed by atoms with Gasteiger partial charge < -0.3 is 10.4 Å². The van der Waals surface area contributed by atoms with Crippen molar-refractivity contribution in [3.05, 3.63) is 29.0 Å². The zero-order valence-corrected chi connectivity index (χ0v) is 9.83. The first-order valence-corrected chi connectivity index (χ1v) is 5.49. The van der Waals surface area contributed by atoms with E-state index in [-0.39, 0.29) is 18.7 Å². The van der Waals surface area contributed by atoms with Crippen LogP contribution < -0.4 is 5.32 Å². The van der Waals surface area contributed by atoms with Gasteiger partial charge in [-0.3, -0.25) is 0 Å². The average Bonchev–Trinajstić information content (AvgIpc) is 2.18. The molecule has 1 aromatic heterocycles. The number of aliphatic hydroxyl groups excluding tert-OH is 1. The number of rotatable bonds is 5. The summed E-state index contributed by atoms with van der Waals surface area (Å²) in [7, 11) is 0. The molecule has 0 aliphatic carbocycles. The van der Waals surface area contributed by atoms with Gasteiger partial charge in [0.1, 0.15) is 5.15 Å². The normalized spacial score (nSPS) is 14.9. The minimum absolute atomic E-state index is 0.206. The molecule has 0 amide bonds. The Morgan fingerprint density at radius 3 is 2.87 bits per heavy atom. The second-order valence-corrected chi connectivity index (χ2v) is 4.10. The average molecular weight is 229 g/mol. The van der Waals surface area contributed by atoms with Crippen LogP contribution in [0.2, 0.25) is 5.15 Å². The fourth-order valence-electron chi connectivity index (χ4n) is 1.49. The van der Waals surface area contributed by atoms with Crippen molar-refractivity contribution >= 4 is 11.6 Å². The van der Waals surface area contributed by atoms with Gasteiger partial charge in [0.25, 0.3) is 0 Å². The highest BCUT2D eigenvalue weighted by Gasteiger charge is 2.09. The Morgan fingerprint density at radius 1 is 1.53 bits per heavy atom. The molecule has 2 atom stereocenters.